The van der Waals surface area contributed by atoms with Crippen LogP contribution >= 0.6 is 0 Å². The molecular formula is C21H25FN2O2. The number of halogens is 1. The van der Waals surface area contributed by atoms with Crippen molar-refractivity contribution in [3.8, 4) is 0 Å². The smallest absolute Gasteiger partial charge is 0.410 e. The van der Waals surface area contributed by atoms with Crippen molar-refractivity contribution in [2.45, 2.75) is 45.1 Å². The van der Waals surface area contributed by atoms with Crippen LogP contribution in [0.15, 0.2) is 30.5 Å². The molecule has 1 saturated heterocycles. The largest absolute Gasteiger partial charge is 0.444 e. The van der Waals surface area contributed by atoms with Crippen molar-refractivity contribution in [2.24, 2.45) is 11.8 Å². The third-order valence-corrected chi connectivity index (χ3v) is 5.58. The Bertz CT molecular complexity index is 832. The van der Waals surface area contributed by atoms with Crippen LogP contribution in [-0.2, 0) is 4.74 Å². The summed E-state index contributed by atoms with van der Waals surface area (Å²) < 4.78 is 19.2. The number of pyridine rings is 1. The molecule has 4 rings (SSSR count). The van der Waals surface area contributed by atoms with Crippen molar-refractivity contribution >= 4 is 17.0 Å². The van der Waals surface area contributed by atoms with Gasteiger partial charge in [-0.15, -0.1) is 0 Å². The number of rotatable bonds is 1. The molecule has 138 valence electrons. The minimum absolute atomic E-state index is 0.208. The molecule has 4 nitrogen and oxygen atoms in total. The maximum absolute atomic E-state index is 13.7. The Morgan fingerprint density at radius 1 is 1.19 bits per heavy atom. The Morgan fingerprint density at radius 2 is 1.88 bits per heavy atom. The van der Waals surface area contributed by atoms with E-state index >= 15 is 0 Å². The Balaban J connectivity index is 1.49. The topological polar surface area (TPSA) is 42.4 Å². The zero-order chi connectivity index (χ0) is 18.5. The van der Waals surface area contributed by atoms with Gasteiger partial charge in [-0.3, -0.25) is 4.98 Å². The molecule has 1 aromatic heterocycles. The summed E-state index contributed by atoms with van der Waals surface area (Å²) in [4.78, 5) is 18.5. The first-order valence-corrected chi connectivity index (χ1v) is 9.32. The molecule has 26 heavy (non-hydrogen) atoms. The van der Waals surface area contributed by atoms with Crippen LogP contribution in [0.1, 0.15) is 45.1 Å². The molecule has 2 aliphatic rings. The lowest BCUT2D eigenvalue weighted by Crippen LogP contribution is -2.36. The molecule has 0 bridgehead atoms. The van der Waals surface area contributed by atoms with Crippen LogP contribution in [0.4, 0.5) is 9.18 Å². The van der Waals surface area contributed by atoms with E-state index in [-0.39, 0.29) is 11.9 Å². The second-order valence-corrected chi connectivity index (χ2v) is 8.64. The number of nitrogens with zero attached hydrogens (tertiary/aromatic N) is 2. The third-order valence-electron chi connectivity index (χ3n) is 5.58. The molecule has 2 aromatic rings. The third kappa shape index (κ3) is 3.27. The van der Waals surface area contributed by atoms with Crippen LogP contribution < -0.4 is 0 Å². The lowest BCUT2D eigenvalue weighted by atomic mass is 9.93. The summed E-state index contributed by atoms with van der Waals surface area (Å²) >= 11 is 0. The van der Waals surface area contributed by atoms with Crippen LogP contribution in [0.3, 0.4) is 0 Å². The fraction of sp³-hybridized carbons (Fsp3) is 0.524. The summed E-state index contributed by atoms with van der Waals surface area (Å²) in [5, 5.41) is 0.918. The lowest BCUT2D eigenvalue weighted by molar-refractivity contribution is 0.0279. The zero-order valence-electron chi connectivity index (χ0n) is 15.5. The first-order valence-electron chi connectivity index (χ1n) is 9.32. The first kappa shape index (κ1) is 17.3. The Kier molecular flexibility index (Phi) is 4.13. The van der Waals surface area contributed by atoms with E-state index in [2.05, 4.69) is 4.98 Å². The molecule has 0 N–H and O–H groups in total. The standard InChI is InChI=1S/C21H25FN2O2/c1-21(2,3)26-20(25)24-11-14-8-13(9-15(14)12-24)17-6-7-23-19-5-4-16(22)10-18(17)19/h4-7,10,13-15H,8-9,11-12H2,1-3H3/t13?,14-,15?/m0/s1. The fourth-order valence-electron chi connectivity index (χ4n) is 4.53. The SMILES string of the molecule is CC(C)(C)OC(=O)N1CC2CC(c3ccnc4ccc(F)cc34)C[C@H]2C1. The van der Waals surface area contributed by atoms with Crippen LogP contribution in [0.2, 0.25) is 0 Å². The minimum atomic E-state index is -0.461. The number of fused-ring (bicyclic) bond motifs is 2. The van der Waals surface area contributed by atoms with Crippen molar-refractivity contribution in [1.82, 2.24) is 9.88 Å². The summed E-state index contributed by atoms with van der Waals surface area (Å²) in [6.07, 6.45) is 3.66. The summed E-state index contributed by atoms with van der Waals surface area (Å²) in [6, 6.07) is 6.83. The minimum Gasteiger partial charge on any atom is -0.444 e. The number of likely N-dealkylation sites (tertiary alicyclic amines) is 1. The molecule has 2 fully saturated rings. The number of carbonyl (C=O) groups is 1. The van der Waals surface area contributed by atoms with E-state index in [9.17, 15) is 9.18 Å². The van der Waals surface area contributed by atoms with Crippen LogP contribution in [0, 0.1) is 17.7 Å². The number of benzene rings is 1. The summed E-state index contributed by atoms with van der Waals surface area (Å²) in [6.45, 7) is 7.20. The molecule has 2 heterocycles. The van der Waals surface area contributed by atoms with Gasteiger partial charge in [-0.1, -0.05) is 0 Å². The van der Waals surface area contributed by atoms with Gasteiger partial charge in [0.05, 0.1) is 5.52 Å². The highest BCUT2D eigenvalue weighted by molar-refractivity contribution is 5.82. The number of hydrogen-bond donors (Lipinski definition) is 0. The fourth-order valence-corrected chi connectivity index (χ4v) is 4.53. The molecule has 0 radical (unpaired) electrons. The number of carbonyl (C=O) groups excluding carboxylic acids is 1. The molecular weight excluding hydrogens is 331 g/mol. The Hall–Kier alpha value is -2.17. The molecule has 1 saturated carbocycles. The van der Waals surface area contributed by atoms with Gasteiger partial charge in [-0.25, -0.2) is 9.18 Å². The monoisotopic (exact) mass is 356 g/mol. The van der Waals surface area contributed by atoms with Gasteiger partial charge < -0.3 is 9.64 Å². The molecule has 1 amide bonds. The van der Waals surface area contributed by atoms with E-state index in [0.29, 0.717) is 17.8 Å². The number of amides is 1. The number of aromatic nitrogens is 1. The van der Waals surface area contributed by atoms with Crippen LogP contribution in [0.5, 0.6) is 0 Å². The first-order chi connectivity index (χ1) is 12.3. The van der Waals surface area contributed by atoms with Gasteiger partial charge in [0.1, 0.15) is 11.4 Å². The van der Waals surface area contributed by atoms with E-state index in [1.165, 1.54) is 11.6 Å². The van der Waals surface area contributed by atoms with Crippen LogP contribution in [-0.4, -0.2) is 34.7 Å². The van der Waals surface area contributed by atoms with E-state index in [1.807, 2.05) is 37.9 Å². The number of hydrogen-bond acceptors (Lipinski definition) is 3. The highest BCUT2D eigenvalue weighted by Crippen LogP contribution is 2.47. The number of ether oxygens (including phenoxy) is 1. The quantitative estimate of drug-likeness (QED) is 0.741. The van der Waals surface area contributed by atoms with Crippen molar-refractivity contribution in [1.29, 1.82) is 0 Å². The average molecular weight is 356 g/mol. The van der Waals surface area contributed by atoms with Gasteiger partial charge >= 0.3 is 6.09 Å². The van der Waals surface area contributed by atoms with Crippen molar-refractivity contribution in [3.05, 3.63) is 41.8 Å². The molecule has 1 aliphatic carbocycles. The maximum Gasteiger partial charge on any atom is 0.410 e. The van der Waals surface area contributed by atoms with E-state index in [1.54, 1.807) is 12.1 Å². The average Bonchev–Trinajstić information content (AvgIpc) is 3.11. The highest BCUT2D eigenvalue weighted by Gasteiger charge is 2.44. The molecule has 1 aromatic carbocycles. The molecule has 3 atom stereocenters. The van der Waals surface area contributed by atoms with Crippen molar-refractivity contribution < 1.29 is 13.9 Å². The van der Waals surface area contributed by atoms with Crippen molar-refractivity contribution in [2.75, 3.05) is 13.1 Å². The van der Waals surface area contributed by atoms with E-state index in [4.69, 9.17) is 4.74 Å². The Labute approximate surface area is 153 Å². The summed E-state index contributed by atoms with van der Waals surface area (Å²) in [5.41, 5.74) is 1.57. The van der Waals surface area contributed by atoms with E-state index < -0.39 is 5.60 Å². The predicted molar refractivity (Wildman–Crippen MR) is 98.5 cm³/mol. The maximum atomic E-state index is 13.7. The van der Waals surface area contributed by atoms with Gasteiger partial charge in [0.25, 0.3) is 0 Å². The van der Waals surface area contributed by atoms with Gasteiger partial charge in [-0.2, -0.15) is 0 Å². The van der Waals surface area contributed by atoms with E-state index in [0.717, 1.165) is 36.8 Å². The second kappa shape index (κ2) is 6.22. The molecule has 1 aliphatic heterocycles. The van der Waals surface area contributed by atoms with Crippen molar-refractivity contribution in [3.63, 3.8) is 0 Å². The normalized spacial score (nSPS) is 25.5. The molecule has 0 spiro atoms. The highest BCUT2D eigenvalue weighted by atomic mass is 19.1. The zero-order valence-corrected chi connectivity index (χ0v) is 15.5. The van der Waals surface area contributed by atoms with Crippen LogP contribution in [0.25, 0.3) is 10.9 Å². The van der Waals surface area contributed by atoms with Gasteiger partial charge in [0.15, 0.2) is 0 Å². The summed E-state index contributed by atoms with van der Waals surface area (Å²) in [7, 11) is 0. The Morgan fingerprint density at radius 3 is 2.54 bits per heavy atom. The molecule has 5 heteroatoms. The summed E-state index contributed by atoms with van der Waals surface area (Å²) in [5.74, 6) is 1.16. The lowest BCUT2D eigenvalue weighted by Gasteiger charge is -2.25. The second-order valence-electron chi connectivity index (χ2n) is 8.64. The van der Waals surface area contributed by atoms with Gasteiger partial charge in [-0.05, 0) is 81.2 Å². The van der Waals surface area contributed by atoms with Gasteiger partial charge in [0.2, 0.25) is 0 Å². The molecule has 2 unspecified atom stereocenters. The van der Waals surface area contributed by atoms with Gasteiger partial charge in [0, 0.05) is 24.7 Å². The predicted octanol–water partition coefficient (Wildman–Crippen LogP) is 4.73.